The number of halogens is 22. The largest absolute Gasteiger partial charge is 0.460 e. The summed E-state index contributed by atoms with van der Waals surface area (Å²) in [4.78, 5) is 0. The van der Waals surface area contributed by atoms with Crippen molar-refractivity contribution in [1.82, 2.24) is 4.13 Å². The molecule has 0 saturated carbocycles. The van der Waals surface area contributed by atoms with E-state index in [1.165, 1.54) is 0 Å². The fourth-order valence-corrected chi connectivity index (χ4v) is 4.63. The Morgan fingerprint density at radius 3 is 0.641 bits per heavy atom. The van der Waals surface area contributed by atoms with E-state index < -0.39 is 82.6 Å². The number of hydrogen-bond acceptors (Lipinski definition) is 4. The van der Waals surface area contributed by atoms with E-state index in [1.54, 1.807) is 0 Å². The van der Waals surface area contributed by atoms with Crippen molar-refractivity contribution in [3.8, 4) is 0 Å². The van der Waals surface area contributed by atoms with E-state index in [2.05, 4.69) is 0 Å². The number of hydrogen-bond donors (Lipinski definition) is 1. The molecule has 0 amide bonds. The smallest absolute Gasteiger partial charge is 0.205 e. The molecule has 0 heterocycles. The van der Waals surface area contributed by atoms with Crippen molar-refractivity contribution in [1.29, 1.82) is 0 Å². The molecule has 0 spiro atoms. The molecule has 29 heteroatoms. The zero-order chi connectivity index (χ0) is 32.7. The molecule has 0 aliphatic rings. The van der Waals surface area contributed by atoms with Crippen molar-refractivity contribution in [2.24, 2.45) is 0 Å². The van der Waals surface area contributed by atoms with E-state index in [4.69, 9.17) is 0 Å². The second kappa shape index (κ2) is 8.91. The molecule has 0 radical (unpaired) electrons. The quantitative estimate of drug-likeness (QED) is 0.316. The van der Waals surface area contributed by atoms with Gasteiger partial charge >= 0.3 is 58.4 Å². The Labute approximate surface area is 197 Å². The van der Waals surface area contributed by atoms with Gasteiger partial charge in [-0.15, -0.1) is 0 Å². The second-order valence-corrected chi connectivity index (χ2v) is 10.3. The van der Waals surface area contributed by atoms with Crippen molar-refractivity contribution in [2.75, 3.05) is 0 Å². The minimum atomic E-state index is -9.09. The summed E-state index contributed by atoms with van der Waals surface area (Å²) in [6, 6.07) is 0. The molecule has 0 unspecified atom stereocenters. The van der Waals surface area contributed by atoms with Crippen LogP contribution in [0.4, 0.5) is 96.6 Å². The van der Waals surface area contributed by atoms with Gasteiger partial charge in [-0.1, -0.05) is 4.13 Å². The maximum atomic E-state index is 13.5. The molecule has 236 valence electrons. The summed E-state index contributed by atoms with van der Waals surface area (Å²) in [6.45, 7) is 0. The average molecular weight is 681 g/mol. The highest BCUT2D eigenvalue weighted by Gasteiger charge is 2.92. The third-order valence-corrected chi connectivity index (χ3v) is 7.53. The summed E-state index contributed by atoms with van der Waals surface area (Å²) in [5, 5.41) is -17.1. The highest BCUT2D eigenvalue weighted by Crippen LogP contribution is 2.60. The van der Waals surface area contributed by atoms with Gasteiger partial charge in [0, 0.05) is 0 Å². The van der Waals surface area contributed by atoms with E-state index in [-0.39, 0.29) is 0 Å². The minimum Gasteiger partial charge on any atom is -0.205 e. The Morgan fingerprint density at radius 1 is 0.308 bits per heavy atom. The molecule has 0 fully saturated rings. The third kappa shape index (κ3) is 4.81. The standard InChI is InChI=1S/C10HF22NO4S2/c11-1(12,3(15,16)7(23,24)25)5(19,20)9(29,30)38(34,35)33-39(36,37)10(31,32)6(21,22)2(13,14)4(17,18)8(26,27)28/h33H. The van der Waals surface area contributed by atoms with Gasteiger partial charge in [0.05, 0.1) is 0 Å². The van der Waals surface area contributed by atoms with Crippen LogP contribution in [0.3, 0.4) is 0 Å². The van der Waals surface area contributed by atoms with Gasteiger partial charge in [0.25, 0.3) is 20.0 Å². The van der Waals surface area contributed by atoms with Crippen molar-refractivity contribution in [2.45, 2.75) is 58.4 Å². The Morgan fingerprint density at radius 2 is 0.487 bits per heavy atom. The molecule has 0 saturated heterocycles. The average Bonchev–Trinajstić information content (AvgIpc) is 2.63. The number of nitrogens with one attached hydrogen (secondary N) is 1. The molecule has 1 N–H and O–H groups in total. The Kier molecular flexibility index (Phi) is 8.52. The molecule has 0 aromatic rings. The van der Waals surface area contributed by atoms with Gasteiger partial charge in [-0.2, -0.15) is 96.6 Å². The van der Waals surface area contributed by atoms with Gasteiger partial charge in [-0.3, -0.25) is 0 Å². The molecule has 0 aliphatic heterocycles. The predicted molar refractivity (Wildman–Crippen MR) is 72.7 cm³/mol. The molecule has 0 rings (SSSR count). The zero-order valence-corrected chi connectivity index (χ0v) is 17.9. The molecule has 39 heavy (non-hydrogen) atoms. The molecule has 0 aromatic carbocycles. The zero-order valence-electron chi connectivity index (χ0n) is 16.3. The number of alkyl halides is 22. The maximum Gasteiger partial charge on any atom is 0.460 e. The monoisotopic (exact) mass is 681 g/mol. The SMILES string of the molecule is O=S(=O)(NS(=O)(=O)C(F)(F)C(F)(F)C(F)(F)C(F)(F)C(F)(F)F)C(F)(F)C(F)(F)C(F)(F)C(F)(F)C(F)(F)F. The van der Waals surface area contributed by atoms with Crippen molar-refractivity contribution < 1.29 is 113 Å². The highest BCUT2D eigenvalue weighted by atomic mass is 32.3. The van der Waals surface area contributed by atoms with Crippen LogP contribution in [0.25, 0.3) is 0 Å². The van der Waals surface area contributed by atoms with Crippen LogP contribution in [-0.4, -0.2) is 75.2 Å². The van der Waals surface area contributed by atoms with Gasteiger partial charge < -0.3 is 0 Å². The van der Waals surface area contributed by atoms with Crippen molar-refractivity contribution in [3.63, 3.8) is 0 Å². The van der Waals surface area contributed by atoms with E-state index >= 15 is 0 Å². The Bertz CT molecular complexity index is 1060. The van der Waals surface area contributed by atoms with Crippen LogP contribution in [0, 0.1) is 0 Å². The summed E-state index contributed by atoms with van der Waals surface area (Å²) in [5.41, 5.74) is 0. The first-order valence-corrected chi connectivity index (χ1v) is 10.6. The normalized spacial score (nSPS) is 17.0. The summed E-state index contributed by atoms with van der Waals surface area (Å²) in [6.07, 6.45) is -16.0. The van der Waals surface area contributed by atoms with E-state index in [1.807, 2.05) is 0 Å². The Hall–Kier alpha value is -1.68. The molecule has 0 bridgehead atoms. The summed E-state index contributed by atoms with van der Waals surface area (Å²) < 4.78 is 324. The molecule has 5 nitrogen and oxygen atoms in total. The summed E-state index contributed by atoms with van der Waals surface area (Å²) in [5.74, 6) is -51.8. The van der Waals surface area contributed by atoms with Gasteiger partial charge in [0.2, 0.25) is 0 Å². The first-order valence-electron chi connectivity index (χ1n) is 7.64. The fraction of sp³-hybridized carbons (Fsp3) is 1.00. The Balaban J connectivity index is 7.01. The molecule has 0 atom stereocenters. The molecular formula is C10HF22NO4S2. The third-order valence-electron chi connectivity index (χ3n) is 3.91. The number of sulfonamides is 2. The van der Waals surface area contributed by atoms with Crippen LogP contribution in [0.5, 0.6) is 0 Å². The van der Waals surface area contributed by atoms with Gasteiger partial charge in [0.1, 0.15) is 0 Å². The van der Waals surface area contributed by atoms with Gasteiger partial charge in [-0.25, -0.2) is 16.8 Å². The van der Waals surface area contributed by atoms with Crippen molar-refractivity contribution >= 4 is 20.0 Å². The second-order valence-electron chi connectivity index (χ2n) is 6.57. The fourth-order valence-electron chi connectivity index (χ4n) is 1.70. The van der Waals surface area contributed by atoms with Gasteiger partial charge in [0.15, 0.2) is 0 Å². The lowest BCUT2D eigenvalue weighted by Crippen LogP contribution is -2.71. The number of rotatable bonds is 10. The first-order chi connectivity index (χ1) is 16.2. The lowest BCUT2D eigenvalue weighted by atomic mass is 10.0. The molecule has 0 aliphatic carbocycles. The first kappa shape index (κ1) is 37.3. The maximum absolute atomic E-state index is 13.5. The van der Waals surface area contributed by atoms with Crippen LogP contribution in [0.15, 0.2) is 0 Å². The van der Waals surface area contributed by atoms with Crippen LogP contribution in [-0.2, 0) is 20.0 Å². The lowest BCUT2D eigenvalue weighted by molar-refractivity contribution is -0.413. The predicted octanol–water partition coefficient (Wildman–Crippen LogP) is 5.36. The van der Waals surface area contributed by atoms with Gasteiger partial charge in [-0.05, 0) is 0 Å². The van der Waals surface area contributed by atoms with Crippen LogP contribution < -0.4 is 4.13 Å². The highest BCUT2D eigenvalue weighted by molar-refractivity contribution is 8.05. The van der Waals surface area contributed by atoms with Crippen molar-refractivity contribution in [3.05, 3.63) is 0 Å². The minimum absolute atomic E-state index is 1.88. The van der Waals surface area contributed by atoms with Crippen LogP contribution in [0.2, 0.25) is 0 Å². The van der Waals surface area contributed by atoms with Crippen LogP contribution in [0.1, 0.15) is 0 Å². The van der Waals surface area contributed by atoms with E-state index in [0.29, 0.717) is 0 Å². The molecule has 0 aromatic heterocycles. The van der Waals surface area contributed by atoms with E-state index in [9.17, 15) is 113 Å². The summed E-state index contributed by atoms with van der Waals surface area (Å²) >= 11 is 0. The summed E-state index contributed by atoms with van der Waals surface area (Å²) in [7, 11) is -18.2. The topological polar surface area (TPSA) is 80.3 Å². The lowest BCUT2D eigenvalue weighted by Gasteiger charge is -2.38. The van der Waals surface area contributed by atoms with E-state index in [0.717, 1.165) is 0 Å². The van der Waals surface area contributed by atoms with Crippen LogP contribution >= 0.6 is 0 Å². The molecular weight excluding hydrogens is 680 g/mol.